The molecule has 2 rings (SSSR count). The molecule has 1 heterocycles. The van der Waals surface area contributed by atoms with Crippen LogP contribution in [0.1, 0.15) is 22.5 Å². The standard InChI is InChI=1S/C17H24N2O/c1-14-11-17(12-18-9-10-20-3)15(2)19(14)13-16-7-5-4-6-8-16/h4-8,11,18H,9-10,12-13H2,1-3H3. The summed E-state index contributed by atoms with van der Waals surface area (Å²) >= 11 is 0. The van der Waals surface area contributed by atoms with Gasteiger partial charge in [0.2, 0.25) is 0 Å². The van der Waals surface area contributed by atoms with Crippen molar-refractivity contribution in [1.29, 1.82) is 0 Å². The molecule has 0 saturated heterocycles. The molecule has 3 heteroatoms. The largest absolute Gasteiger partial charge is 0.383 e. The number of methoxy groups -OCH3 is 1. The molecule has 0 aliphatic rings. The van der Waals surface area contributed by atoms with E-state index in [2.05, 4.69) is 60.1 Å². The van der Waals surface area contributed by atoms with Gasteiger partial charge >= 0.3 is 0 Å². The maximum Gasteiger partial charge on any atom is 0.0587 e. The van der Waals surface area contributed by atoms with Crippen LogP contribution in [-0.2, 0) is 17.8 Å². The fraction of sp³-hybridized carbons (Fsp3) is 0.412. The molecule has 0 aliphatic carbocycles. The Hall–Kier alpha value is -1.58. The van der Waals surface area contributed by atoms with Crippen molar-refractivity contribution < 1.29 is 4.74 Å². The van der Waals surface area contributed by atoms with E-state index in [1.807, 2.05) is 0 Å². The van der Waals surface area contributed by atoms with Gasteiger partial charge < -0.3 is 14.6 Å². The van der Waals surface area contributed by atoms with Crippen molar-refractivity contribution in [3.05, 3.63) is 58.9 Å². The molecule has 2 aromatic rings. The van der Waals surface area contributed by atoms with E-state index in [9.17, 15) is 0 Å². The fourth-order valence-electron chi connectivity index (χ4n) is 2.46. The maximum absolute atomic E-state index is 5.05. The summed E-state index contributed by atoms with van der Waals surface area (Å²) in [6, 6.07) is 12.9. The van der Waals surface area contributed by atoms with Gasteiger partial charge in [-0.05, 0) is 31.0 Å². The molecule has 1 aromatic heterocycles. The zero-order valence-electron chi connectivity index (χ0n) is 12.6. The lowest BCUT2D eigenvalue weighted by Crippen LogP contribution is -2.18. The number of benzene rings is 1. The van der Waals surface area contributed by atoms with Gasteiger partial charge in [0.1, 0.15) is 0 Å². The molecule has 1 aromatic carbocycles. The van der Waals surface area contributed by atoms with E-state index < -0.39 is 0 Å². The van der Waals surface area contributed by atoms with Crippen LogP contribution in [0.25, 0.3) is 0 Å². The highest BCUT2D eigenvalue weighted by molar-refractivity contribution is 5.28. The summed E-state index contributed by atoms with van der Waals surface area (Å²) in [5, 5.41) is 3.41. The van der Waals surface area contributed by atoms with E-state index >= 15 is 0 Å². The smallest absolute Gasteiger partial charge is 0.0587 e. The molecule has 0 spiro atoms. The highest BCUT2D eigenvalue weighted by Crippen LogP contribution is 2.17. The third-order valence-corrected chi connectivity index (χ3v) is 3.66. The minimum Gasteiger partial charge on any atom is -0.383 e. The predicted molar refractivity (Wildman–Crippen MR) is 83.0 cm³/mol. The maximum atomic E-state index is 5.05. The Bertz CT molecular complexity index is 531. The molecule has 20 heavy (non-hydrogen) atoms. The molecule has 0 bridgehead atoms. The molecule has 0 amide bonds. The Morgan fingerprint density at radius 3 is 2.60 bits per heavy atom. The summed E-state index contributed by atoms with van der Waals surface area (Å²) in [7, 11) is 1.73. The van der Waals surface area contributed by atoms with Crippen molar-refractivity contribution >= 4 is 0 Å². The van der Waals surface area contributed by atoms with Crippen LogP contribution in [0.2, 0.25) is 0 Å². The Kier molecular flexibility index (Phi) is 5.39. The fourth-order valence-corrected chi connectivity index (χ4v) is 2.46. The summed E-state index contributed by atoms with van der Waals surface area (Å²) in [6.07, 6.45) is 0. The van der Waals surface area contributed by atoms with Crippen LogP contribution in [0.4, 0.5) is 0 Å². The summed E-state index contributed by atoms with van der Waals surface area (Å²) in [4.78, 5) is 0. The van der Waals surface area contributed by atoms with Crippen molar-refractivity contribution in [2.75, 3.05) is 20.3 Å². The zero-order chi connectivity index (χ0) is 14.4. The van der Waals surface area contributed by atoms with Gasteiger partial charge in [0, 0.05) is 38.1 Å². The molecule has 1 N–H and O–H groups in total. The number of rotatable bonds is 7. The van der Waals surface area contributed by atoms with Crippen LogP contribution in [0.3, 0.4) is 0 Å². The molecular weight excluding hydrogens is 248 g/mol. The van der Waals surface area contributed by atoms with Gasteiger partial charge in [-0.2, -0.15) is 0 Å². The van der Waals surface area contributed by atoms with Gasteiger partial charge in [0.15, 0.2) is 0 Å². The van der Waals surface area contributed by atoms with Gasteiger partial charge in [0.25, 0.3) is 0 Å². The van der Waals surface area contributed by atoms with Crippen molar-refractivity contribution in [1.82, 2.24) is 9.88 Å². The molecule has 0 unspecified atom stereocenters. The monoisotopic (exact) mass is 272 g/mol. The average molecular weight is 272 g/mol. The highest BCUT2D eigenvalue weighted by atomic mass is 16.5. The average Bonchev–Trinajstić information content (AvgIpc) is 2.72. The number of hydrogen-bond donors (Lipinski definition) is 1. The second-order valence-corrected chi connectivity index (χ2v) is 5.14. The minimum atomic E-state index is 0.753. The Morgan fingerprint density at radius 1 is 1.15 bits per heavy atom. The van der Waals surface area contributed by atoms with Crippen LogP contribution < -0.4 is 5.32 Å². The van der Waals surface area contributed by atoms with Crippen LogP contribution in [-0.4, -0.2) is 24.8 Å². The normalized spacial score (nSPS) is 10.9. The van der Waals surface area contributed by atoms with E-state index in [-0.39, 0.29) is 0 Å². The van der Waals surface area contributed by atoms with E-state index in [0.29, 0.717) is 0 Å². The Labute approximate surface area is 121 Å². The first-order chi connectivity index (χ1) is 9.72. The Morgan fingerprint density at radius 2 is 1.90 bits per heavy atom. The molecule has 108 valence electrons. The van der Waals surface area contributed by atoms with Gasteiger partial charge in [0.05, 0.1) is 6.61 Å². The topological polar surface area (TPSA) is 26.2 Å². The number of ether oxygens (including phenoxy) is 1. The van der Waals surface area contributed by atoms with E-state index in [1.54, 1.807) is 7.11 Å². The second kappa shape index (κ2) is 7.27. The summed E-state index contributed by atoms with van der Waals surface area (Å²) in [5.74, 6) is 0. The van der Waals surface area contributed by atoms with Crippen LogP contribution >= 0.6 is 0 Å². The molecule has 0 saturated carbocycles. The number of aryl methyl sites for hydroxylation is 1. The van der Waals surface area contributed by atoms with Gasteiger partial charge in [-0.25, -0.2) is 0 Å². The second-order valence-electron chi connectivity index (χ2n) is 5.14. The minimum absolute atomic E-state index is 0.753. The third kappa shape index (κ3) is 3.71. The van der Waals surface area contributed by atoms with Crippen molar-refractivity contribution in [2.45, 2.75) is 26.9 Å². The van der Waals surface area contributed by atoms with Crippen molar-refractivity contribution in [3.8, 4) is 0 Å². The highest BCUT2D eigenvalue weighted by Gasteiger charge is 2.08. The van der Waals surface area contributed by atoms with E-state index in [1.165, 1.54) is 22.5 Å². The van der Waals surface area contributed by atoms with Crippen LogP contribution in [0.5, 0.6) is 0 Å². The molecule has 3 nitrogen and oxygen atoms in total. The lowest BCUT2D eigenvalue weighted by Gasteiger charge is -2.10. The van der Waals surface area contributed by atoms with Gasteiger partial charge in [-0.3, -0.25) is 0 Å². The Balaban J connectivity index is 2.05. The van der Waals surface area contributed by atoms with Crippen LogP contribution in [0, 0.1) is 13.8 Å². The first kappa shape index (κ1) is 14.8. The van der Waals surface area contributed by atoms with E-state index in [4.69, 9.17) is 4.74 Å². The van der Waals surface area contributed by atoms with E-state index in [0.717, 1.165) is 26.2 Å². The van der Waals surface area contributed by atoms with Crippen molar-refractivity contribution in [2.24, 2.45) is 0 Å². The lowest BCUT2D eigenvalue weighted by molar-refractivity contribution is 0.199. The number of nitrogens with zero attached hydrogens (tertiary/aromatic N) is 1. The molecule has 0 radical (unpaired) electrons. The first-order valence-electron chi connectivity index (χ1n) is 7.11. The van der Waals surface area contributed by atoms with Crippen molar-refractivity contribution in [3.63, 3.8) is 0 Å². The zero-order valence-corrected chi connectivity index (χ0v) is 12.6. The molecule has 0 atom stereocenters. The molecule has 0 fully saturated rings. The molecule has 0 aliphatic heterocycles. The molecular formula is C17H24N2O. The SMILES string of the molecule is COCCNCc1cc(C)n(Cc2ccccc2)c1C. The first-order valence-corrected chi connectivity index (χ1v) is 7.11. The third-order valence-electron chi connectivity index (χ3n) is 3.66. The van der Waals surface area contributed by atoms with Gasteiger partial charge in [-0.15, -0.1) is 0 Å². The predicted octanol–water partition coefficient (Wildman–Crippen LogP) is 2.89. The van der Waals surface area contributed by atoms with Crippen LogP contribution in [0.15, 0.2) is 36.4 Å². The summed E-state index contributed by atoms with van der Waals surface area (Å²) < 4.78 is 7.43. The number of aromatic nitrogens is 1. The number of nitrogens with one attached hydrogen (secondary N) is 1. The lowest BCUT2D eigenvalue weighted by atomic mass is 10.2. The summed E-state index contributed by atoms with van der Waals surface area (Å²) in [6.45, 7) is 7.86. The summed E-state index contributed by atoms with van der Waals surface area (Å²) in [5.41, 5.74) is 5.37. The van der Waals surface area contributed by atoms with Gasteiger partial charge in [-0.1, -0.05) is 30.3 Å². The number of hydrogen-bond acceptors (Lipinski definition) is 2. The quantitative estimate of drug-likeness (QED) is 0.784.